The fraction of sp³-hybridized carbons (Fsp3) is 0.391. The van der Waals surface area contributed by atoms with E-state index in [1.54, 1.807) is 30.3 Å². The van der Waals surface area contributed by atoms with E-state index in [-0.39, 0.29) is 32.1 Å². The molecule has 0 atom stereocenters. The molecule has 0 saturated heterocycles. The predicted octanol–water partition coefficient (Wildman–Crippen LogP) is 5.98. The van der Waals surface area contributed by atoms with Gasteiger partial charge in [0.1, 0.15) is 5.54 Å². The van der Waals surface area contributed by atoms with Crippen LogP contribution in [0.2, 0.25) is 10.0 Å². The number of ether oxygens (including phenoxy) is 1. The van der Waals surface area contributed by atoms with Gasteiger partial charge in [-0.25, -0.2) is 4.79 Å². The molecule has 2 aromatic rings. The molecule has 1 fully saturated rings. The standard InChI is InChI=1S/C23H22Cl2F3NO3/c1-32-21(31)22(10-8-17(9-11-22)23(26,27)28)29-20(30)13-16-12-15(4-7-19(16)25)14-2-5-18(24)6-3-14/h2-7,12,17H,8-11,13H2,1H3,(H,29,30)/t17-,22+. The minimum absolute atomic E-state index is 0.137. The van der Waals surface area contributed by atoms with Crippen molar-refractivity contribution >= 4 is 35.1 Å². The van der Waals surface area contributed by atoms with Gasteiger partial charge in [0, 0.05) is 10.0 Å². The lowest BCUT2D eigenvalue weighted by Crippen LogP contribution is -2.58. The molecule has 0 heterocycles. The highest BCUT2D eigenvalue weighted by Crippen LogP contribution is 2.41. The lowest BCUT2D eigenvalue weighted by molar-refractivity contribution is -0.188. The van der Waals surface area contributed by atoms with E-state index in [1.807, 2.05) is 12.1 Å². The van der Waals surface area contributed by atoms with Crippen molar-refractivity contribution in [3.8, 4) is 11.1 Å². The Morgan fingerprint density at radius 2 is 1.66 bits per heavy atom. The van der Waals surface area contributed by atoms with Crippen molar-refractivity contribution in [1.29, 1.82) is 0 Å². The van der Waals surface area contributed by atoms with E-state index < -0.39 is 29.5 Å². The Balaban J connectivity index is 1.76. The number of amides is 1. The highest BCUT2D eigenvalue weighted by atomic mass is 35.5. The van der Waals surface area contributed by atoms with Crippen LogP contribution in [-0.2, 0) is 20.7 Å². The van der Waals surface area contributed by atoms with Crippen LogP contribution in [0.25, 0.3) is 11.1 Å². The van der Waals surface area contributed by atoms with Gasteiger partial charge in [-0.05, 0) is 66.6 Å². The lowest BCUT2D eigenvalue weighted by Gasteiger charge is -2.38. The highest BCUT2D eigenvalue weighted by Gasteiger charge is 2.50. The molecule has 0 bridgehead atoms. The zero-order valence-corrected chi connectivity index (χ0v) is 18.8. The molecule has 0 aromatic heterocycles. The Bertz CT molecular complexity index is 985. The molecule has 0 aliphatic heterocycles. The number of benzene rings is 2. The van der Waals surface area contributed by atoms with Gasteiger partial charge in [0.15, 0.2) is 0 Å². The van der Waals surface area contributed by atoms with Crippen molar-refractivity contribution in [2.75, 3.05) is 7.11 Å². The maximum Gasteiger partial charge on any atom is 0.391 e. The molecule has 0 spiro atoms. The number of hydrogen-bond donors (Lipinski definition) is 1. The van der Waals surface area contributed by atoms with Crippen molar-refractivity contribution < 1.29 is 27.5 Å². The SMILES string of the molecule is COC(=O)[C@]1(NC(=O)Cc2cc(-c3ccc(Cl)cc3)ccc2Cl)CC[C@@H](C(F)(F)F)CC1. The molecule has 0 unspecified atom stereocenters. The smallest absolute Gasteiger partial charge is 0.391 e. The van der Waals surface area contributed by atoms with E-state index in [2.05, 4.69) is 5.32 Å². The van der Waals surface area contributed by atoms with Crippen LogP contribution in [0.3, 0.4) is 0 Å². The summed E-state index contributed by atoms with van der Waals surface area (Å²) in [4.78, 5) is 25.2. The van der Waals surface area contributed by atoms with Crippen molar-refractivity contribution in [3.63, 3.8) is 0 Å². The second-order valence-electron chi connectivity index (χ2n) is 7.93. The molecular weight excluding hydrogens is 466 g/mol. The summed E-state index contributed by atoms with van der Waals surface area (Å²) >= 11 is 12.2. The molecule has 32 heavy (non-hydrogen) atoms. The monoisotopic (exact) mass is 487 g/mol. The molecule has 1 saturated carbocycles. The number of alkyl halides is 3. The van der Waals surface area contributed by atoms with Crippen LogP contribution in [0.5, 0.6) is 0 Å². The zero-order valence-electron chi connectivity index (χ0n) is 17.3. The molecule has 3 rings (SSSR count). The van der Waals surface area contributed by atoms with Gasteiger partial charge < -0.3 is 10.1 Å². The van der Waals surface area contributed by atoms with Gasteiger partial charge in [0.05, 0.1) is 19.4 Å². The highest BCUT2D eigenvalue weighted by molar-refractivity contribution is 6.31. The first kappa shape index (κ1) is 24.4. The van der Waals surface area contributed by atoms with Gasteiger partial charge >= 0.3 is 12.1 Å². The minimum Gasteiger partial charge on any atom is -0.467 e. The van der Waals surface area contributed by atoms with Crippen molar-refractivity contribution in [2.45, 2.75) is 43.8 Å². The van der Waals surface area contributed by atoms with Crippen LogP contribution < -0.4 is 5.32 Å². The second-order valence-corrected chi connectivity index (χ2v) is 8.77. The summed E-state index contributed by atoms with van der Waals surface area (Å²) in [5, 5.41) is 3.60. The summed E-state index contributed by atoms with van der Waals surface area (Å²) in [6.07, 6.45) is -5.27. The number of hydrogen-bond acceptors (Lipinski definition) is 3. The summed E-state index contributed by atoms with van der Waals surface area (Å²) in [6, 6.07) is 12.4. The Hall–Kier alpha value is -2.25. The fourth-order valence-corrected chi connectivity index (χ4v) is 4.34. The van der Waals surface area contributed by atoms with Gasteiger partial charge in [0.25, 0.3) is 0 Å². The molecule has 1 N–H and O–H groups in total. The molecule has 0 radical (unpaired) electrons. The molecule has 9 heteroatoms. The molecule has 2 aromatic carbocycles. The topological polar surface area (TPSA) is 55.4 Å². The van der Waals surface area contributed by atoms with Gasteiger partial charge in [-0.15, -0.1) is 0 Å². The third kappa shape index (κ3) is 5.56. The van der Waals surface area contributed by atoms with Gasteiger partial charge in [0.2, 0.25) is 5.91 Å². The maximum atomic E-state index is 13.0. The second kappa shape index (κ2) is 9.71. The number of methoxy groups -OCH3 is 1. The van der Waals surface area contributed by atoms with Crippen LogP contribution >= 0.6 is 23.2 Å². The maximum absolute atomic E-state index is 13.0. The van der Waals surface area contributed by atoms with Crippen molar-refractivity contribution in [3.05, 3.63) is 58.1 Å². The molecule has 4 nitrogen and oxygen atoms in total. The Kier molecular flexibility index (Phi) is 7.40. The Morgan fingerprint density at radius 1 is 1.06 bits per heavy atom. The quantitative estimate of drug-likeness (QED) is 0.527. The molecule has 1 aliphatic carbocycles. The molecule has 1 amide bonds. The summed E-state index contributed by atoms with van der Waals surface area (Å²) in [5.74, 6) is -2.76. The van der Waals surface area contributed by atoms with E-state index in [9.17, 15) is 22.8 Å². The van der Waals surface area contributed by atoms with Gasteiger partial charge in [-0.2, -0.15) is 13.2 Å². The molecule has 172 valence electrons. The average Bonchev–Trinajstić information content (AvgIpc) is 2.75. The van der Waals surface area contributed by atoms with Crippen molar-refractivity contribution in [2.24, 2.45) is 5.92 Å². The van der Waals surface area contributed by atoms with E-state index in [4.69, 9.17) is 27.9 Å². The first-order valence-corrected chi connectivity index (χ1v) is 10.8. The number of esters is 1. The van der Waals surface area contributed by atoms with Crippen LogP contribution in [-0.4, -0.2) is 30.7 Å². The summed E-state index contributed by atoms with van der Waals surface area (Å²) in [7, 11) is 1.15. The summed E-state index contributed by atoms with van der Waals surface area (Å²) in [5.41, 5.74) is 0.750. The van der Waals surface area contributed by atoms with E-state index >= 15 is 0 Å². The zero-order chi connectivity index (χ0) is 23.5. The first-order chi connectivity index (χ1) is 15.0. The van der Waals surface area contributed by atoms with Gasteiger partial charge in [-0.1, -0.05) is 41.4 Å². The van der Waals surface area contributed by atoms with Crippen LogP contribution in [0, 0.1) is 5.92 Å². The molecule has 1 aliphatic rings. The number of halogens is 5. The largest absolute Gasteiger partial charge is 0.467 e. The minimum atomic E-state index is -4.33. The lowest BCUT2D eigenvalue weighted by atomic mass is 9.76. The summed E-state index contributed by atoms with van der Waals surface area (Å²) < 4.78 is 43.9. The number of rotatable bonds is 5. The summed E-state index contributed by atoms with van der Waals surface area (Å²) in [6.45, 7) is 0. The van der Waals surface area contributed by atoms with Crippen LogP contribution in [0.15, 0.2) is 42.5 Å². The molecular formula is C23H22Cl2F3NO3. The third-order valence-corrected chi connectivity index (χ3v) is 6.45. The fourth-order valence-electron chi connectivity index (χ4n) is 4.03. The number of carbonyl (C=O) groups is 2. The van der Waals surface area contributed by atoms with Crippen LogP contribution in [0.4, 0.5) is 13.2 Å². The number of nitrogens with one attached hydrogen (secondary N) is 1. The average molecular weight is 488 g/mol. The number of carbonyl (C=O) groups excluding carboxylic acids is 2. The van der Waals surface area contributed by atoms with Crippen molar-refractivity contribution in [1.82, 2.24) is 5.32 Å². The third-order valence-electron chi connectivity index (χ3n) is 5.83. The van der Waals surface area contributed by atoms with Gasteiger partial charge in [-0.3, -0.25) is 4.79 Å². The first-order valence-electron chi connectivity index (χ1n) is 10.0. The van der Waals surface area contributed by atoms with E-state index in [1.165, 1.54) is 0 Å². The van der Waals surface area contributed by atoms with E-state index in [0.717, 1.165) is 18.2 Å². The predicted molar refractivity (Wildman–Crippen MR) is 117 cm³/mol. The van der Waals surface area contributed by atoms with Crippen LogP contribution in [0.1, 0.15) is 31.2 Å². The normalized spacial score (nSPS) is 21.1. The Morgan fingerprint density at radius 3 is 2.22 bits per heavy atom. The Labute approximate surface area is 194 Å². The van der Waals surface area contributed by atoms with E-state index in [0.29, 0.717) is 15.6 Å².